The zero-order chi connectivity index (χ0) is 18.2. The van der Waals surface area contributed by atoms with Crippen LogP contribution in [-0.2, 0) is 4.79 Å². The molecule has 0 atom stereocenters. The van der Waals surface area contributed by atoms with E-state index in [0.29, 0.717) is 17.9 Å². The average molecular weight is 343 g/mol. The summed E-state index contributed by atoms with van der Waals surface area (Å²) in [6, 6.07) is 5.30. The Bertz CT molecular complexity index is 650. The van der Waals surface area contributed by atoms with Gasteiger partial charge in [-0.05, 0) is 56.7 Å². The second kappa shape index (κ2) is 9.25. The van der Waals surface area contributed by atoms with Crippen LogP contribution in [0.25, 0.3) is 0 Å². The fourth-order valence-electron chi connectivity index (χ4n) is 2.76. The minimum atomic E-state index is -0.216. The topological polar surface area (TPSA) is 70.2 Å². The van der Waals surface area contributed by atoms with E-state index in [1.54, 1.807) is 6.07 Å². The van der Waals surface area contributed by atoms with E-state index in [0.717, 1.165) is 24.8 Å². The summed E-state index contributed by atoms with van der Waals surface area (Å²) in [6.45, 7) is 6.26. The third-order valence-electron chi connectivity index (χ3n) is 4.39. The van der Waals surface area contributed by atoms with Crippen molar-refractivity contribution in [3.63, 3.8) is 0 Å². The molecule has 0 bridgehead atoms. The van der Waals surface area contributed by atoms with Crippen LogP contribution < -0.4 is 16.0 Å². The highest BCUT2D eigenvalue weighted by Gasteiger charge is 2.10. The summed E-state index contributed by atoms with van der Waals surface area (Å²) in [5.41, 5.74) is 3.79. The maximum atomic E-state index is 12.1. The minimum Gasteiger partial charge on any atom is -0.338 e. The number of urea groups is 1. The van der Waals surface area contributed by atoms with Gasteiger partial charge < -0.3 is 16.0 Å². The molecule has 0 fully saturated rings. The standard InChI is InChI=1S/C20H29N3O2/c1-14(2)19(24)22-17-10-9-15(3)18(13-17)23-20(25)21-12-11-16-7-5-4-6-8-16/h7,9-10,13-14H,4-6,8,11-12H2,1-3H3,(H,22,24)(H2,21,23,25). The number of aryl methyl sites for hydroxylation is 1. The number of hydrogen-bond donors (Lipinski definition) is 3. The van der Waals surface area contributed by atoms with Gasteiger partial charge in [-0.25, -0.2) is 4.79 Å². The molecule has 0 heterocycles. The van der Waals surface area contributed by atoms with Crippen molar-refractivity contribution in [1.82, 2.24) is 5.32 Å². The van der Waals surface area contributed by atoms with Gasteiger partial charge in [-0.15, -0.1) is 0 Å². The highest BCUT2D eigenvalue weighted by molar-refractivity contribution is 5.94. The van der Waals surface area contributed by atoms with Crippen LogP contribution in [0.3, 0.4) is 0 Å². The Morgan fingerprint density at radius 3 is 2.64 bits per heavy atom. The summed E-state index contributed by atoms with van der Waals surface area (Å²) < 4.78 is 0. The molecule has 3 N–H and O–H groups in total. The lowest BCUT2D eigenvalue weighted by molar-refractivity contribution is -0.118. The van der Waals surface area contributed by atoms with Crippen LogP contribution in [0.1, 0.15) is 51.5 Å². The van der Waals surface area contributed by atoms with Gasteiger partial charge in [-0.1, -0.05) is 31.6 Å². The Morgan fingerprint density at radius 1 is 1.16 bits per heavy atom. The first-order valence-electron chi connectivity index (χ1n) is 9.10. The van der Waals surface area contributed by atoms with Crippen LogP contribution in [-0.4, -0.2) is 18.5 Å². The molecule has 0 saturated carbocycles. The maximum Gasteiger partial charge on any atom is 0.319 e. The van der Waals surface area contributed by atoms with E-state index in [-0.39, 0.29) is 17.9 Å². The molecule has 5 nitrogen and oxygen atoms in total. The Morgan fingerprint density at radius 2 is 1.96 bits per heavy atom. The highest BCUT2D eigenvalue weighted by atomic mass is 16.2. The number of anilines is 2. The molecule has 25 heavy (non-hydrogen) atoms. The maximum absolute atomic E-state index is 12.1. The minimum absolute atomic E-state index is 0.0417. The predicted molar refractivity (Wildman–Crippen MR) is 103 cm³/mol. The van der Waals surface area contributed by atoms with Crippen molar-refractivity contribution in [2.45, 2.75) is 52.9 Å². The Labute approximate surface area is 150 Å². The first kappa shape index (κ1) is 19.0. The number of carbonyl (C=O) groups excluding carboxylic acids is 2. The lowest BCUT2D eigenvalue weighted by Crippen LogP contribution is -2.30. The zero-order valence-electron chi connectivity index (χ0n) is 15.4. The van der Waals surface area contributed by atoms with Crippen molar-refractivity contribution in [2.75, 3.05) is 17.2 Å². The summed E-state index contributed by atoms with van der Waals surface area (Å²) in [7, 11) is 0. The summed E-state index contributed by atoms with van der Waals surface area (Å²) in [4.78, 5) is 23.9. The van der Waals surface area contributed by atoms with Gasteiger partial charge in [-0.2, -0.15) is 0 Å². The number of carbonyl (C=O) groups is 2. The van der Waals surface area contributed by atoms with Gasteiger partial charge in [0.25, 0.3) is 0 Å². The van der Waals surface area contributed by atoms with Crippen LogP contribution in [0, 0.1) is 12.8 Å². The third-order valence-corrected chi connectivity index (χ3v) is 4.39. The van der Waals surface area contributed by atoms with Gasteiger partial charge in [0, 0.05) is 23.8 Å². The predicted octanol–water partition coefficient (Wildman–Crippen LogP) is 4.60. The molecule has 0 unspecified atom stereocenters. The summed E-state index contributed by atoms with van der Waals surface area (Å²) >= 11 is 0. The molecule has 1 aromatic rings. The number of amides is 3. The molecule has 1 aliphatic rings. The van der Waals surface area contributed by atoms with Crippen molar-refractivity contribution in [3.8, 4) is 0 Å². The van der Waals surface area contributed by atoms with E-state index in [4.69, 9.17) is 0 Å². The lowest BCUT2D eigenvalue weighted by Gasteiger charge is -2.15. The lowest BCUT2D eigenvalue weighted by atomic mass is 9.97. The first-order chi connectivity index (χ1) is 12.0. The average Bonchev–Trinajstić information content (AvgIpc) is 2.58. The molecule has 5 heteroatoms. The SMILES string of the molecule is Cc1ccc(NC(=O)C(C)C)cc1NC(=O)NCCC1=CCCCC1. The summed E-state index contributed by atoms with van der Waals surface area (Å²) in [6.07, 6.45) is 8.06. The molecule has 136 valence electrons. The van der Waals surface area contributed by atoms with E-state index < -0.39 is 0 Å². The monoisotopic (exact) mass is 343 g/mol. The normalized spacial score (nSPS) is 14.0. The second-order valence-corrected chi connectivity index (χ2v) is 6.91. The van der Waals surface area contributed by atoms with Gasteiger partial charge >= 0.3 is 6.03 Å². The molecule has 0 aromatic heterocycles. The van der Waals surface area contributed by atoms with Crippen molar-refractivity contribution < 1.29 is 9.59 Å². The van der Waals surface area contributed by atoms with Crippen LogP contribution in [0.5, 0.6) is 0 Å². The Kier molecular flexibility index (Phi) is 7.04. The van der Waals surface area contributed by atoms with Crippen LogP contribution in [0.2, 0.25) is 0 Å². The number of allylic oxidation sites excluding steroid dienone is 1. The molecule has 1 aromatic carbocycles. The van der Waals surface area contributed by atoms with Gasteiger partial charge in [0.1, 0.15) is 0 Å². The molecule has 2 rings (SSSR count). The van der Waals surface area contributed by atoms with Gasteiger partial charge in [0.15, 0.2) is 0 Å². The Balaban J connectivity index is 1.86. The largest absolute Gasteiger partial charge is 0.338 e. The zero-order valence-corrected chi connectivity index (χ0v) is 15.4. The fraction of sp³-hybridized carbons (Fsp3) is 0.500. The van der Waals surface area contributed by atoms with Crippen LogP contribution in [0.15, 0.2) is 29.8 Å². The van der Waals surface area contributed by atoms with Crippen molar-refractivity contribution in [2.24, 2.45) is 5.92 Å². The van der Waals surface area contributed by atoms with Crippen molar-refractivity contribution >= 4 is 23.3 Å². The molecule has 0 spiro atoms. The van der Waals surface area contributed by atoms with Gasteiger partial charge in [0.05, 0.1) is 0 Å². The molecule has 1 aliphatic carbocycles. The third kappa shape index (κ3) is 6.25. The first-order valence-corrected chi connectivity index (χ1v) is 9.10. The summed E-state index contributed by atoms with van der Waals surface area (Å²) in [5, 5.41) is 8.63. The number of nitrogens with one attached hydrogen (secondary N) is 3. The smallest absolute Gasteiger partial charge is 0.319 e. The van der Waals surface area contributed by atoms with E-state index in [9.17, 15) is 9.59 Å². The molecule has 0 saturated heterocycles. The molecular formula is C20H29N3O2. The van der Waals surface area contributed by atoms with Crippen molar-refractivity contribution in [3.05, 3.63) is 35.4 Å². The van der Waals surface area contributed by atoms with E-state index >= 15 is 0 Å². The van der Waals surface area contributed by atoms with Crippen molar-refractivity contribution in [1.29, 1.82) is 0 Å². The van der Waals surface area contributed by atoms with E-state index in [2.05, 4.69) is 22.0 Å². The quantitative estimate of drug-likeness (QED) is 0.661. The number of benzene rings is 1. The molecule has 0 radical (unpaired) electrons. The van der Waals surface area contributed by atoms with Gasteiger partial charge in [0.2, 0.25) is 5.91 Å². The van der Waals surface area contributed by atoms with E-state index in [1.165, 1.54) is 18.4 Å². The second-order valence-electron chi connectivity index (χ2n) is 6.91. The highest BCUT2D eigenvalue weighted by Crippen LogP contribution is 2.21. The van der Waals surface area contributed by atoms with Crippen LogP contribution in [0.4, 0.5) is 16.2 Å². The molecular weight excluding hydrogens is 314 g/mol. The van der Waals surface area contributed by atoms with Crippen LogP contribution >= 0.6 is 0 Å². The fourth-order valence-corrected chi connectivity index (χ4v) is 2.76. The number of hydrogen-bond acceptors (Lipinski definition) is 2. The summed E-state index contributed by atoms with van der Waals surface area (Å²) in [5.74, 6) is -0.130. The van der Waals surface area contributed by atoms with Gasteiger partial charge in [-0.3, -0.25) is 4.79 Å². The molecule has 3 amide bonds. The van der Waals surface area contributed by atoms with E-state index in [1.807, 2.05) is 32.9 Å². The number of rotatable bonds is 6. The molecule has 0 aliphatic heterocycles. The Hall–Kier alpha value is -2.30.